The van der Waals surface area contributed by atoms with Crippen LogP contribution in [-0.4, -0.2) is 30.0 Å². The molecule has 0 aliphatic rings. The van der Waals surface area contributed by atoms with Crippen LogP contribution in [0.2, 0.25) is 0 Å². The Hall–Kier alpha value is -2.28. The van der Waals surface area contributed by atoms with E-state index in [0.717, 1.165) is 16.8 Å². The topological polar surface area (TPSA) is 64.3 Å². The van der Waals surface area contributed by atoms with Gasteiger partial charge in [0, 0.05) is 6.20 Å². The van der Waals surface area contributed by atoms with Gasteiger partial charge in [-0.05, 0) is 36.3 Å². The number of nitrogens with zero attached hydrogens (tertiary/aromatic N) is 5. The van der Waals surface area contributed by atoms with Gasteiger partial charge in [-0.2, -0.15) is 4.80 Å². The molecule has 3 aromatic rings. The molecule has 0 saturated heterocycles. The van der Waals surface area contributed by atoms with Gasteiger partial charge < -0.3 is 0 Å². The fraction of sp³-hybridized carbons (Fsp3) is 0.231. The number of rotatable bonds is 2. The number of H-pyrrole nitrogens is 1. The Morgan fingerprint density at radius 3 is 2.75 bits per heavy atom. The lowest BCUT2D eigenvalue weighted by atomic mass is 10.1. The zero-order valence-corrected chi connectivity index (χ0v) is 12.3. The van der Waals surface area contributed by atoms with Gasteiger partial charge in [0.05, 0.1) is 18.3 Å². The van der Waals surface area contributed by atoms with Crippen LogP contribution >= 0.6 is 12.2 Å². The van der Waals surface area contributed by atoms with E-state index < -0.39 is 0 Å². The predicted molar refractivity (Wildman–Crippen MR) is 78.2 cm³/mol. The van der Waals surface area contributed by atoms with Crippen LogP contribution in [0.4, 0.5) is 0 Å². The molecule has 102 valence electrons. The molecule has 6 nitrogen and oxygen atoms in total. The number of aromatic nitrogens is 6. The molecular weight excluding hydrogens is 272 g/mol. The average molecular weight is 286 g/mol. The van der Waals surface area contributed by atoms with Gasteiger partial charge in [-0.15, -0.1) is 10.2 Å². The van der Waals surface area contributed by atoms with Crippen LogP contribution in [0.3, 0.4) is 0 Å². The lowest BCUT2D eigenvalue weighted by molar-refractivity contribution is 0.630. The molecule has 0 fully saturated rings. The number of aromatic amines is 1. The van der Waals surface area contributed by atoms with E-state index in [4.69, 9.17) is 12.2 Å². The minimum atomic E-state index is 0.526. The van der Waals surface area contributed by atoms with E-state index >= 15 is 0 Å². The minimum absolute atomic E-state index is 0.526. The van der Waals surface area contributed by atoms with Crippen molar-refractivity contribution in [3.8, 4) is 17.1 Å². The highest BCUT2D eigenvalue weighted by molar-refractivity contribution is 7.71. The molecule has 2 aromatic heterocycles. The number of benzene rings is 1. The van der Waals surface area contributed by atoms with Gasteiger partial charge in [-0.25, -0.2) is 4.68 Å². The van der Waals surface area contributed by atoms with Crippen molar-refractivity contribution in [2.45, 2.75) is 13.8 Å². The number of nitrogens with one attached hydrogen (secondary N) is 1. The van der Waals surface area contributed by atoms with Crippen LogP contribution in [0.1, 0.15) is 11.1 Å². The van der Waals surface area contributed by atoms with Crippen LogP contribution in [0.15, 0.2) is 24.4 Å². The SMILES string of the molecule is Cc1ccc(C)c(-n2[nH]cc(-c3nnn(C)n3)c2=S)c1. The van der Waals surface area contributed by atoms with Gasteiger partial charge in [0.25, 0.3) is 0 Å². The molecule has 0 saturated carbocycles. The van der Waals surface area contributed by atoms with E-state index in [1.54, 1.807) is 13.2 Å². The maximum atomic E-state index is 5.52. The van der Waals surface area contributed by atoms with Gasteiger partial charge in [0.15, 0.2) is 0 Å². The van der Waals surface area contributed by atoms with Crippen molar-refractivity contribution in [3.63, 3.8) is 0 Å². The highest BCUT2D eigenvalue weighted by atomic mass is 32.1. The lowest BCUT2D eigenvalue weighted by Crippen LogP contribution is -1.99. The molecule has 1 N–H and O–H groups in total. The van der Waals surface area contributed by atoms with E-state index in [1.165, 1.54) is 10.4 Å². The molecule has 0 radical (unpaired) electrons. The summed E-state index contributed by atoms with van der Waals surface area (Å²) in [5, 5.41) is 15.2. The third-order valence-corrected chi connectivity index (χ3v) is 3.53. The standard InChI is InChI=1S/C13H14N6S/c1-8-4-5-9(2)11(6-8)19-13(20)10(7-14-19)12-15-17-18(3)16-12/h4-7,14H,1-3H3. The summed E-state index contributed by atoms with van der Waals surface area (Å²) in [4.78, 5) is 1.42. The Bertz CT molecular complexity index is 826. The zero-order valence-electron chi connectivity index (χ0n) is 11.5. The maximum Gasteiger partial charge on any atom is 0.209 e. The number of hydrogen-bond acceptors (Lipinski definition) is 4. The average Bonchev–Trinajstić information content (AvgIpc) is 2.99. The lowest BCUT2D eigenvalue weighted by Gasteiger charge is -2.07. The fourth-order valence-electron chi connectivity index (χ4n) is 2.06. The number of tetrazole rings is 1. The van der Waals surface area contributed by atoms with Crippen molar-refractivity contribution in [1.29, 1.82) is 0 Å². The first kappa shape index (κ1) is 12.7. The first-order valence-corrected chi connectivity index (χ1v) is 6.59. The Labute approximate surface area is 121 Å². The first-order chi connectivity index (χ1) is 9.56. The van der Waals surface area contributed by atoms with Crippen molar-refractivity contribution in [2.24, 2.45) is 7.05 Å². The van der Waals surface area contributed by atoms with Crippen LogP contribution in [0, 0.1) is 18.5 Å². The maximum absolute atomic E-state index is 5.52. The van der Waals surface area contributed by atoms with Crippen molar-refractivity contribution in [1.82, 2.24) is 30.0 Å². The van der Waals surface area contributed by atoms with Gasteiger partial charge in [0.1, 0.15) is 4.64 Å². The van der Waals surface area contributed by atoms with Gasteiger partial charge >= 0.3 is 0 Å². The molecule has 0 aliphatic carbocycles. The third kappa shape index (κ3) is 2.05. The van der Waals surface area contributed by atoms with Crippen LogP contribution in [-0.2, 0) is 7.05 Å². The van der Waals surface area contributed by atoms with E-state index in [1.807, 2.05) is 4.68 Å². The monoisotopic (exact) mass is 286 g/mol. The Kier molecular flexibility index (Phi) is 2.98. The van der Waals surface area contributed by atoms with Crippen LogP contribution < -0.4 is 0 Å². The largest absolute Gasteiger partial charge is 0.299 e. The van der Waals surface area contributed by atoms with Crippen molar-refractivity contribution >= 4 is 12.2 Å². The molecule has 1 aromatic carbocycles. The minimum Gasteiger partial charge on any atom is -0.299 e. The quantitative estimate of drug-likeness (QED) is 0.734. The highest BCUT2D eigenvalue weighted by Crippen LogP contribution is 2.21. The molecular formula is C13H14N6S. The summed E-state index contributed by atoms with van der Waals surface area (Å²) in [5.74, 6) is 0.526. The molecule has 0 amide bonds. The summed E-state index contributed by atoms with van der Waals surface area (Å²) in [5.41, 5.74) is 4.13. The molecule has 0 spiro atoms. The van der Waals surface area contributed by atoms with Crippen molar-refractivity contribution < 1.29 is 0 Å². The summed E-state index contributed by atoms with van der Waals surface area (Å²) in [6.45, 7) is 4.11. The smallest absolute Gasteiger partial charge is 0.209 e. The predicted octanol–water partition coefficient (Wildman–Crippen LogP) is 2.34. The van der Waals surface area contributed by atoms with Gasteiger partial charge in [-0.3, -0.25) is 5.10 Å². The van der Waals surface area contributed by atoms with Crippen LogP contribution in [0.25, 0.3) is 17.1 Å². The second kappa shape index (κ2) is 4.68. The Morgan fingerprint density at radius 2 is 2.05 bits per heavy atom. The third-order valence-electron chi connectivity index (χ3n) is 3.13. The van der Waals surface area contributed by atoms with Gasteiger partial charge in [-0.1, -0.05) is 24.4 Å². The van der Waals surface area contributed by atoms with Gasteiger partial charge in [0.2, 0.25) is 5.82 Å². The first-order valence-electron chi connectivity index (χ1n) is 6.18. The van der Waals surface area contributed by atoms with Crippen LogP contribution in [0.5, 0.6) is 0 Å². The summed E-state index contributed by atoms with van der Waals surface area (Å²) in [7, 11) is 1.73. The molecule has 0 bridgehead atoms. The second-order valence-electron chi connectivity index (χ2n) is 4.72. The normalized spacial score (nSPS) is 10.9. The van der Waals surface area contributed by atoms with E-state index in [9.17, 15) is 0 Å². The molecule has 20 heavy (non-hydrogen) atoms. The van der Waals surface area contributed by atoms with E-state index in [2.05, 4.69) is 52.6 Å². The Morgan fingerprint density at radius 1 is 1.25 bits per heavy atom. The molecule has 0 atom stereocenters. The molecule has 0 unspecified atom stereocenters. The molecule has 7 heteroatoms. The van der Waals surface area contributed by atoms with E-state index in [-0.39, 0.29) is 0 Å². The Balaban J connectivity index is 2.16. The second-order valence-corrected chi connectivity index (χ2v) is 5.11. The molecule has 3 rings (SSSR count). The van der Waals surface area contributed by atoms with Crippen molar-refractivity contribution in [2.75, 3.05) is 0 Å². The summed E-state index contributed by atoms with van der Waals surface area (Å²) in [6, 6.07) is 6.25. The molecule has 2 heterocycles. The number of aryl methyl sites for hydroxylation is 3. The molecule has 0 aliphatic heterocycles. The summed E-state index contributed by atoms with van der Waals surface area (Å²) >= 11 is 5.52. The summed E-state index contributed by atoms with van der Waals surface area (Å²) in [6.07, 6.45) is 1.81. The van der Waals surface area contributed by atoms with Crippen molar-refractivity contribution in [3.05, 3.63) is 40.2 Å². The zero-order chi connectivity index (χ0) is 14.3. The fourth-order valence-corrected chi connectivity index (χ4v) is 2.36. The highest BCUT2D eigenvalue weighted by Gasteiger charge is 2.12. The number of hydrogen-bond donors (Lipinski definition) is 1. The van der Waals surface area contributed by atoms with E-state index in [0.29, 0.717) is 10.5 Å². The summed E-state index contributed by atoms with van der Waals surface area (Å²) < 4.78 is 2.51.